The van der Waals surface area contributed by atoms with Crippen LogP contribution in [0.25, 0.3) is 0 Å². The van der Waals surface area contributed by atoms with Crippen molar-refractivity contribution in [2.45, 2.75) is 77.5 Å². The second-order valence-corrected chi connectivity index (χ2v) is 9.09. The fourth-order valence-corrected chi connectivity index (χ4v) is 6.99. The first kappa shape index (κ1) is 15.1. The van der Waals surface area contributed by atoms with Crippen LogP contribution in [0.3, 0.4) is 0 Å². The molecule has 0 aromatic rings. The highest BCUT2D eigenvalue weighted by molar-refractivity contribution is 5.87. The number of rotatable bonds is 0. The third kappa shape index (κ3) is 1.84. The lowest BCUT2D eigenvalue weighted by Crippen LogP contribution is -2.57. The molecule has 4 aliphatic carbocycles. The molecule has 0 amide bonds. The van der Waals surface area contributed by atoms with Gasteiger partial charge in [-0.15, -0.1) is 0 Å². The second kappa shape index (κ2) is 4.78. The van der Waals surface area contributed by atoms with Crippen LogP contribution in [0.5, 0.6) is 0 Å². The van der Waals surface area contributed by atoms with Gasteiger partial charge in [0.25, 0.3) is 0 Å². The van der Waals surface area contributed by atoms with Crippen LogP contribution in [0, 0.1) is 34.5 Å². The van der Waals surface area contributed by atoms with Gasteiger partial charge in [0.2, 0.25) is 0 Å². The Hall–Kier alpha value is -0.440. The summed E-state index contributed by atoms with van der Waals surface area (Å²) in [6, 6.07) is 0. The Bertz CT molecular complexity index is 492. The van der Waals surface area contributed by atoms with Crippen LogP contribution >= 0.6 is 0 Å². The highest BCUT2D eigenvalue weighted by atomic mass is 19.1. The van der Waals surface area contributed by atoms with Crippen LogP contribution in [0.4, 0.5) is 4.39 Å². The van der Waals surface area contributed by atoms with Crippen LogP contribution in [-0.2, 0) is 4.79 Å². The van der Waals surface area contributed by atoms with Gasteiger partial charge in [0, 0.05) is 11.8 Å². The second-order valence-electron chi connectivity index (χ2n) is 9.09. The maximum absolute atomic E-state index is 15.0. The standard InChI is InChI=1S/C19H29FO2/c1-18-7-5-11(21)9-15(18)16(20)10-12-13-3-4-17(22)19(13,2)8-6-14(12)18/h11-16,21H,3-10H2,1-2H3/t11-,12?,13?,14?,15?,16-,18+,19-/m0/s1. The van der Waals surface area contributed by atoms with Gasteiger partial charge in [-0.1, -0.05) is 13.8 Å². The lowest BCUT2D eigenvalue weighted by molar-refractivity contribution is -0.157. The number of carbonyl (C=O) groups is 1. The topological polar surface area (TPSA) is 37.3 Å². The Balaban J connectivity index is 1.68. The van der Waals surface area contributed by atoms with E-state index in [1.807, 2.05) is 0 Å². The molecule has 4 fully saturated rings. The summed E-state index contributed by atoms with van der Waals surface area (Å²) in [7, 11) is 0. The van der Waals surface area contributed by atoms with Crippen molar-refractivity contribution >= 4 is 5.78 Å². The van der Waals surface area contributed by atoms with Gasteiger partial charge in [0.1, 0.15) is 12.0 Å². The molecule has 0 bridgehead atoms. The van der Waals surface area contributed by atoms with Crippen molar-refractivity contribution in [3.63, 3.8) is 0 Å². The van der Waals surface area contributed by atoms with Crippen molar-refractivity contribution in [3.05, 3.63) is 0 Å². The third-order valence-electron chi connectivity index (χ3n) is 8.32. The summed E-state index contributed by atoms with van der Waals surface area (Å²) in [5.41, 5.74) is -0.132. The van der Waals surface area contributed by atoms with Crippen LogP contribution in [0.15, 0.2) is 0 Å². The maximum Gasteiger partial charge on any atom is 0.139 e. The van der Waals surface area contributed by atoms with Crippen molar-refractivity contribution in [2.24, 2.45) is 34.5 Å². The number of Topliss-reactive ketones (excluding diaryl/α,β-unsaturated/α-hetero) is 1. The van der Waals surface area contributed by atoms with E-state index in [4.69, 9.17) is 0 Å². The van der Waals surface area contributed by atoms with Crippen LogP contribution in [0.1, 0.15) is 65.2 Å². The lowest BCUT2D eigenvalue weighted by Gasteiger charge is -2.60. The van der Waals surface area contributed by atoms with Crippen LogP contribution in [-0.4, -0.2) is 23.2 Å². The quantitative estimate of drug-likeness (QED) is 0.737. The molecule has 1 N–H and O–H groups in total. The van der Waals surface area contributed by atoms with Gasteiger partial charge in [0.15, 0.2) is 0 Å². The minimum absolute atomic E-state index is 0.0268. The number of alkyl halides is 1. The van der Waals surface area contributed by atoms with Gasteiger partial charge >= 0.3 is 0 Å². The first-order valence-electron chi connectivity index (χ1n) is 9.21. The molecule has 0 saturated heterocycles. The molecule has 3 heteroatoms. The lowest BCUT2D eigenvalue weighted by atomic mass is 9.45. The zero-order valence-electron chi connectivity index (χ0n) is 13.9. The van der Waals surface area contributed by atoms with E-state index >= 15 is 0 Å². The number of halogens is 1. The molecule has 4 saturated carbocycles. The third-order valence-corrected chi connectivity index (χ3v) is 8.32. The van der Waals surface area contributed by atoms with Gasteiger partial charge < -0.3 is 5.11 Å². The monoisotopic (exact) mass is 308 g/mol. The molecule has 0 radical (unpaired) electrons. The van der Waals surface area contributed by atoms with Crippen molar-refractivity contribution < 1.29 is 14.3 Å². The minimum Gasteiger partial charge on any atom is -0.393 e. The zero-order chi connectivity index (χ0) is 15.7. The maximum atomic E-state index is 15.0. The number of aliphatic hydroxyl groups is 1. The molecule has 4 aliphatic rings. The predicted molar refractivity (Wildman–Crippen MR) is 83.0 cm³/mol. The fraction of sp³-hybridized carbons (Fsp3) is 0.947. The molecule has 4 unspecified atom stereocenters. The highest BCUT2D eigenvalue weighted by Gasteiger charge is 2.62. The minimum atomic E-state index is -0.792. The number of hydrogen-bond donors (Lipinski definition) is 1. The summed E-state index contributed by atoms with van der Waals surface area (Å²) in [5.74, 6) is 1.80. The Kier molecular flexibility index (Phi) is 3.28. The largest absolute Gasteiger partial charge is 0.393 e. The van der Waals surface area contributed by atoms with Crippen molar-refractivity contribution in [3.8, 4) is 0 Å². The Morgan fingerprint density at radius 2 is 1.82 bits per heavy atom. The average molecular weight is 308 g/mol. The number of carbonyl (C=O) groups excluding carboxylic acids is 1. The van der Waals surface area contributed by atoms with Gasteiger partial charge in [-0.2, -0.15) is 0 Å². The first-order chi connectivity index (χ1) is 10.4. The van der Waals surface area contributed by atoms with Gasteiger partial charge in [-0.25, -0.2) is 4.39 Å². The average Bonchev–Trinajstić information content (AvgIpc) is 2.77. The van der Waals surface area contributed by atoms with E-state index in [9.17, 15) is 14.3 Å². The number of aliphatic hydroxyl groups excluding tert-OH is 1. The van der Waals surface area contributed by atoms with Crippen molar-refractivity contribution in [1.82, 2.24) is 0 Å². The van der Waals surface area contributed by atoms with E-state index in [0.717, 1.165) is 32.1 Å². The smallest absolute Gasteiger partial charge is 0.139 e. The molecule has 124 valence electrons. The summed E-state index contributed by atoms with van der Waals surface area (Å²) >= 11 is 0. The summed E-state index contributed by atoms with van der Waals surface area (Å²) in [4.78, 5) is 12.4. The summed E-state index contributed by atoms with van der Waals surface area (Å²) in [6.07, 6.45) is 5.72. The summed E-state index contributed by atoms with van der Waals surface area (Å²) in [6.45, 7) is 4.43. The SMILES string of the molecule is C[C@]12CC[C@H](O)CC1[C@@H](F)CC1C2CC[C@]2(C)C(=O)CCC12. The Morgan fingerprint density at radius 3 is 2.59 bits per heavy atom. The van der Waals surface area contributed by atoms with Gasteiger partial charge in [-0.3, -0.25) is 4.79 Å². The molecule has 22 heavy (non-hydrogen) atoms. The molecular formula is C19H29FO2. The molecular weight excluding hydrogens is 279 g/mol. The molecule has 0 aliphatic heterocycles. The van der Waals surface area contributed by atoms with Crippen molar-refractivity contribution in [1.29, 1.82) is 0 Å². The fourth-order valence-electron chi connectivity index (χ4n) is 6.99. The molecule has 0 spiro atoms. The molecule has 4 rings (SSSR count). The first-order valence-corrected chi connectivity index (χ1v) is 9.21. The molecule has 8 atom stereocenters. The summed E-state index contributed by atoms with van der Waals surface area (Å²) < 4.78 is 15.0. The van der Waals surface area contributed by atoms with E-state index in [2.05, 4.69) is 13.8 Å². The highest BCUT2D eigenvalue weighted by Crippen LogP contribution is 2.65. The molecule has 2 nitrogen and oxygen atoms in total. The van der Waals surface area contributed by atoms with E-state index in [-0.39, 0.29) is 22.9 Å². The number of ketones is 1. The molecule has 0 aromatic heterocycles. The van der Waals surface area contributed by atoms with Crippen LogP contribution < -0.4 is 0 Å². The van der Waals surface area contributed by atoms with Crippen LogP contribution in [0.2, 0.25) is 0 Å². The summed E-state index contributed by atoms with van der Waals surface area (Å²) in [5, 5.41) is 9.99. The normalized spacial score (nSPS) is 57.9. The van der Waals surface area contributed by atoms with E-state index in [1.165, 1.54) is 0 Å². The Morgan fingerprint density at radius 1 is 1.05 bits per heavy atom. The molecule has 0 aromatic carbocycles. The van der Waals surface area contributed by atoms with Crippen molar-refractivity contribution in [2.75, 3.05) is 0 Å². The Labute approximate surface area is 132 Å². The molecule has 0 heterocycles. The van der Waals surface area contributed by atoms with Gasteiger partial charge in [0.05, 0.1) is 6.10 Å². The van der Waals surface area contributed by atoms with E-state index < -0.39 is 6.17 Å². The number of fused-ring (bicyclic) bond motifs is 5. The van der Waals surface area contributed by atoms with E-state index in [0.29, 0.717) is 42.8 Å². The predicted octanol–water partition coefficient (Wildman–Crippen LogP) is 3.91. The number of hydrogen-bond acceptors (Lipinski definition) is 2. The van der Waals surface area contributed by atoms with E-state index in [1.54, 1.807) is 0 Å². The zero-order valence-corrected chi connectivity index (χ0v) is 13.9. The van der Waals surface area contributed by atoms with Gasteiger partial charge in [-0.05, 0) is 74.0 Å².